The Bertz CT molecular complexity index is 1050. The van der Waals surface area contributed by atoms with Crippen LogP contribution in [-0.2, 0) is 6.42 Å². The van der Waals surface area contributed by atoms with Gasteiger partial charge in [0.25, 0.3) is 11.8 Å². The molecule has 152 valence electrons. The van der Waals surface area contributed by atoms with Crippen molar-refractivity contribution in [3.05, 3.63) is 89.5 Å². The maximum Gasteiger partial charge on any atom is 0.255 e. The second-order valence-corrected chi connectivity index (χ2v) is 6.85. The lowest BCUT2D eigenvalue weighted by molar-refractivity contribution is 0.0955. The molecule has 2 amide bonds. The van der Waals surface area contributed by atoms with Gasteiger partial charge in [-0.1, -0.05) is 36.4 Å². The molecule has 0 spiro atoms. The van der Waals surface area contributed by atoms with Crippen LogP contribution in [0.4, 0.5) is 5.69 Å². The molecule has 0 aliphatic carbocycles. The van der Waals surface area contributed by atoms with E-state index in [0.29, 0.717) is 43.0 Å². The number of nitrogens with one attached hydrogen (secondary N) is 2. The van der Waals surface area contributed by atoms with Crippen LogP contribution >= 0.6 is 0 Å². The Morgan fingerprint density at radius 1 is 0.800 bits per heavy atom. The fraction of sp³-hybridized carbons (Fsp3) is 0.167. The van der Waals surface area contributed by atoms with E-state index >= 15 is 0 Å². The number of benzene rings is 3. The summed E-state index contributed by atoms with van der Waals surface area (Å²) < 4.78 is 11.1. The number of rotatable bonds is 6. The van der Waals surface area contributed by atoms with E-state index in [1.165, 1.54) is 0 Å². The Balaban J connectivity index is 1.37. The van der Waals surface area contributed by atoms with Gasteiger partial charge >= 0.3 is 0 Å². The zero-order valence-corrected chi connectivity index (χ0v) is 16.4. The predicted molar refractivity (Wildman–Crippen MR) is 114 cm³/mol. The molecule has 2 N–H and O–H groups in total. The van der Waals surface area contributed by atoms with Gasteiger partial charge in [-0.05, 0) is 48.4 Å². The van der Waals surface area contributed by atoms with Crippen molar-refractivity contribution in [2.45, 2.75) is 6.42 Å². The van der Waals surface area contributed by atoms with E-state index in [2.05, 4.69) is 10.6 Å². The minimum absolute atomic E-state index is 0.239. The van der Waals surface area contributed by atoms with E-state index in [1.807, 2.05) is 24.3 Å². The van der Waals surface area contributed by atoms with Crippen molar-refractivity contribution >= 4 is 17.5 Å². The Morgan fingerprint density at radius 2 is 1.53 bits per heavy atom. The van der Waals surface area contributed by atoms with Gasteiger partial charge in [0.2, 0.25) is 0 Å². The fourth-order valence-electron chi connectivity index (χ4n) is 3.23. The summed E-state index contributed by atoms with van der Waals surface area (Å²) in [5.74, 6) is 0.986. The van der Waals surface area contributed by atoms with Gasteiger partial charge in [-0.15, -0.1) is 0 Å². The predicted octanol–water partition coefficient (Wildman–Crippen LogP) is 3.68. The van der Waals surface area contributed by atoms with Crippen molar-refractivity contribution < 1.29 is 19.1 Å². The zero-order valence-electron chi connectivity index (χ0n) is 16.4. The van der Waals surface area contributed by atoms with Gasteiger partial charge in [0.05, 0.1) is 11.3 Å². The van der Waals surface area contributed by atoms with Crippen LogP contribution in [0.1, 0.15) is 26.3 Å². The first-order valence-corrected chi connectivity index (χ1v) is 9.83. The first-order valence-electron chi connectivity index (χ1n) is 9.83. The van der Waals surface area contributed by atoms with Crippen LogP contribution in [0.25, 0.3) is 0 Å². The topological polar surface area (TPSA) is 76.7 Å². The minimum atomic E-state index is -0.257. The second kappa shape index (κ2) is 9.13. The molecule has 0 bridgehead atoms. The first kappa shape index (κ1) is 19.5. The van der Waals surface area contributed by atoms with Gasteiger partial charge in [-0.2, -0.15) is 0 Å². The number of carbonyl (C=O) groups is 2. The quantitative estimate of drug-likeness (QED) is 0.659. The molecule has 0 saturated heterocycles. The molecule has 0 fully saturated rings. The Kier molecular flexibility index (Phi) is 5.94. The molecule has 1 aliphatic rings. The van der Waals surface area contributed by atoms with E-state index in [9.17, 15) is 9.59 Å². The number of para-hydroxylation sites is 1. The molecular formula is C24H22N2O4. The van der Waals surface area contributed by atoms with Crippen LogP contribution in [-0.4, -0.2) is 31.6 Å². The van der Waals surface area contributed by atoms with Crippen molar-refractivity contribution in [2.75, 3.05) is 25.1 Å². The van der Waals surface area contributed by atoms with Crippen LogP contribution in [0.3, 0.4) is 0 Å². The zero-order chi connectivity index (χ0) is 20.8. The van der Waals surface area contributed by atoms with Crippen LogP contribution in [0.15, 0.2) is 72.8 Å². The van der Waals surface area contributed by atoms with E-state index in [0.717, 1.165) is 17.1 Å². The third-order valence-electron chi connectivity index (χ3n) is 4.76. The van der Waals surface area contributed by atoms with Crippen LogP contribution in [0, 0.1) is 0 Å². The molecule has 30 heavy (non-hydrogen) atoms. The molecule has 1 heterocycles. The highest BCUT2D eigenvalue weighted by Crippen LogP contribution is 2.30. The second-order valence-electron chi connectivity index (χ2n) is 6.85. The highest BCUT2D eigenvalue weighted by molar-refractivity contribution is 6.08. The Labute approximate surface area is 174 Å². The molecular weight excluding hydrogens is 380 g/mol. The minimum Gasteiger partial charge on any atom is -0.486 e. The summed E-state index contributed by atoms with van der Waals surface area (Å²) in [5, 5.41) is 5.74. The molecule has 0 unspecified atom stereocenters. The smallest absolute Gasteiger partial charge is 0.255 e. The lowest BCUT2D eigenvalue weighted by Gasteiger charge is -2.19. The van der Waals surface area contributed by atoms with Gasteiger partial charge < -0.3 is 20.1 Å². The van der Waals surface area contributed by atoms with Gasteiger partial charge in [0.1, 0.15) is 13.2 Å². The SMILES string of the molecule is O=C(Nc1ccccc1C(=O)NCCc1ccc2c(c1)OCCO2)c1ccccc1. The average Bonchev–Trinajstić information content (AvgIpc) is 2.80. The maximum absolute atomic E-state index is 12.7. The van der Waals surface area contributed by atoms with Crippen LogP contribution in [0.2, 0.25) is 0 Å². The number of hydrogen-bond acceptors (Lipinski definition) is 4. The number of carbonyl (C=O) groups excluding carboxylic acids is 2. The molecule has 0 aromatic heterocycles. The van der Waals surface area contributed by atoms with Crippen molar-refractivity contribution in [3.8, 4) is 11.5 Å². The first-order chi connectivity index (χ1) is 14.7. The third kappa shape index (κ3) is 4.60. The van der Waals surface area contributed by atoms with Crippen molar-refractivity contribution in [3.63, 3.8) is 0 Å². The molecule has 0 radical (unpaired) electrons. The normalized spacial score (nSPS) is 12.1. The maximum atomic E-state index is 12.7. The summed E-state index contributed by atoms with van der Waals surface area (Å²) in [6.07, 6.45) is 0.654. The molecule has 0 atom stereocenters. The Hall–Kier alpha value is -3.80. The number of anilines is 1. The number of ether oxygens (including phenoxy) is 2. The fourth-order valence-corrected chi connectivity index (χ4v) is 3.23. The van der Waals surface area contributed by atoms with Crippen LogP contribution in [0.5, 0.6) is 11.5 Å². The van der Waals surface area contributed by atoms with Gasteiger partial charge in [-0.25, -0.2) is 0 Å². The van der Waals surface area contributed by atoms with E-state index in [-0.39, 0.29) is 11.8 Å². The molecule has 6 nitrogen and oxygen atoms in total. The molecule has 6 heteroatoms. The third-order valence-corrected chi connectivity index (χ3v) is 4.76. The lowest BCUT2D eigenvalue weighted by atomic mass is 10.1. The molecule has 4 rings (SSSR count). The van der Waals surface area contributed by atoms with E-state index < -0.39 is 0 Å². The van der Waals surface area contributed by atoms with Crippen LogP contribution < -0.4 is 20.1 Å². The van der Waals surface area contributed by atoms with Gasteiger partial charge in [-0.3, -0.25) is 9.59 Å². The number of amides is 2. The summed E-state index contributed by atoms with van der Waals surface area (Å²) in [6, 6.07) is 21.7. The van der Waals surface area contributed by atoms with Crippen molar-refractivity contribution in [1.82, 2.24) is 5.32 Å². The monoisotopic (exact) mass is 402 g/mol. The summed E-state index contributed by atoms with van der Waals surface area (Å²) in [7, 11) is 0. The largest absolute Gasteiger partial charge is 0.486 e. The highest BCUT2D eigenvalue weighted by atomic mass is 16.6. The van der Waals surface area contributed by atoms with Crippen molar-refractivity contribution in [1.29, 1.82) is 0 Å². The number of fused-ring (bicyclic) bond motifs is 1. The molecule has 0 saturated carbocycles. The highest BCUT2D eigenvalue weighted by Gasteiger charge is 2.15. The van der Waals surface area contributed by atoms with E-state index in [1.54, 1.807) is 48.5 Å². The van der Waals surface area contributed by atoms with Gasteiger partial charge in [0.15, 0.2) is 11.5 Å². The summed E-state index contributed by atoms with van der Waals surface area (Å²) >= 11 is 0. The average molecular weight is 402 g/mol. The van der Waals surface area contributed by atoms with E-state index in [4.69, 9.17) is 9.47 Å². The van der Waals surface area contributed by atoms with Crippen molar-refractivity contribution in [2.24, 2.45) is 0 Å². The molecule has 3 aromatic rings. The summed E-state index contributed by atoms with van der Waals surface area (Å²) in [5.41, 5.74) is 2.48. The summed E-state index contributed by atoms with van der Waals surface area (Å²) in [6.45, 7) is 1.56. The Morgan fingerprint density at radius 3 is 2.37 bits per heavy atom. The number of hydrogen-bond donors (Lipinski definition) is 2. The standard InChI is InChI=1S/C24H22N2O4/c27-23(18-6-2-1-3-7-18)26-20-9-5-4-8-19(20)24(28)25-13-12-17-10-11-21-22(16-17)30-15-14-29-21/h1-11,16H,12-15H2,(H,25,28)(H,26,27). The summed E-state index contributed by atoms with van der Waals surface area (Å²) in [4.78, 5) is 25.1. The lowest BCUT2D eigenvalue weighted by Crippen LogP contribution is -2.27. The molecule has 1 aliphatic heterocycles. The molecule has 3 aromatic carbocycles. The van der Waals surface area contributed by atoms with Gasteiger partial charge in [0, 0.05) is 12.1 Å².